The molecule has 0 atom stereocenters. The maximum absolute atomic E-state index is 13.0. The molecule has 0 N–H and O–H groups in total. The highest BCUT2D eigenvalue weighted by Gasteiger charge is 2.25. The molecule has 6 heteroatoms. The van der Waals surface area contributed by atoms with E-state index in [1.165, 1.54) is 5.56 Å². The normalized spacial score (nSPS) is 13.2. The van der Waals surface area contributed by atoms with Gasteiger partial charge in [0.15, 0.2) is 18.2 Å². The molecule has 0 aliphatic carbocycles. The number of nitrogens with zero attached hydrogens (tertiary/aromatic N) is 2. The summed E-state index contributed by atoms with van der Waals surface area (Å²) in [6, 6.07) is 18.0. The SMILES string of the molecule is COc1ccc(CCN(C)CCCN2COc3cc4ccccc4cc3C2=O)cc1OC. The van der Waals surface area contributed by atoms with Crippen molar-refractivity contribution in [2.45, 2.75) is 12.8 Å². The van der Waals surface area contributed by atoms with E-state index in [-0.39, 0.29) is 5.91 Å². The third-order valence-electron chi connectivity index (χ3n) is 5.94. The van der Waals surface area contributed by atoms with Crippen LogP contribution in [0.4, 0.5) is 0 Å². The summed E-state index contributed by atoms with van der Waals surface area (Å²) in [4.78, 5) is 17.0. The van der Waals surface area contributed by atoms with Crippen molar-refractivity contribution < 1.29 is 19.0 Å². The molecule has 168 valence electrons. The predicted octanol–water partition coefficient (Wildman–Crippen LogP) is 4.21. The largest absolute Gasteiger partial charge is 0.493 e. The van der Waals surface area contributed by atoms with Crippen LogP contribution in [0.15, 0.2) is 54.6 Å². The van der Waals surface area contributed by atoms with E-state index in [0.29, 0.717) is 24.6 Å². The fourth-order valence-corrected chi connectivity index (χ4v) is 4.05. The summed E-state index contributed by atoms with van der Waals surface area (Å²) in [5.41, 5.74) is 1.86. The van der Waals surface area contributed by atoms with Crippen molar-refractivity contribution in [1.29, 1.82) is 0 Å². The average molecular weight is 435 g/mol. The van der Waals surface area contributed by atoms with Crippen molar-refractivity contribution >= 4 is 16.7 Å². The molecular weight excluding hydrogens is 404 g/mol. The van der Waals surface area contributed by atoms with Crippen molar-refractivity contribution in [3.05, 3.63) is 65.7 Å². The number of fused-ring (bicyclic) bond motifs is 2. The summed E-state index contributed by atoms with van der Waals surface area (Å²) < 4.78 is 16.6. The van der Waals surface area contributed by atoms with Crippen LogP contribution < -0.4 is 14.2 Å². The molecule has 3 aromatic carbocycles. The second kappa shape index (κ2) is 9.92. The Balaban J connectivity index is 1.27. The van der Waals surface area contributed by atoms with Crippen LogP contribution in [-0.4, -0.2) is 63.3 Å². The second-order valence-electron chi connectivity index (χ2n) is 8.13. The lowest BCUT2D eigenvalue weighted by molar-refractivity contribution is 0.0512. The molecule has 0 saturated carbocycles. The topological polar surface area (TPSA) is 51.2 Å². The first-order chi connectivity index (χ1) is 15.6. The Morgan fingerprint density at radius 2 is 1.72 bits per heavy atom. The standard InChI is InChI=1S/C26H30N2O4/c1-27(14-11-19-9-10-23(30-2)25(15-19)31-3)12-6-13-28-18-32-24-17-21-8-5-4-7-20(21)16-22(24)26(28)29/h4-5,7-10,15-17H,6,11-14,18H2,1-3H3. The maximum Gasteiger partial charge on any atom is 0.260 e. The number of amides is 1. The number of likely N-dealkylation sites (N-methyl/N-ethyl adjacent to an activating group) is 1. The molecule has 0 aromatic heterocycles. The number of benzene rings is 3. The lowest BCUT2D eigenvalue weighted by atomic mass is 10.0. The molecule has 3 aromatic rings. The Bertz CT molecular complexity index is 1100. The quantitative estimate of drug-likeness (QED) is 0.505. The number of hydrogen-bond donors (Lipinski definition) is 0. The van der Waals surface area contributed by atoms with E-state index in [1.807, 2.05) is 48.5 Å². The molecule has 1 amide bonds. The first-order valence-corrected chi connectivity index (χ1v) is 10.9. The maximum atomic E-state index is 13.0. The molecular formula is C26H30N2O4. The van der Waals surface area contributed by atoms with Gasteiger partial charge in [0.25, 0.3) is 5.91 Å². The number of ether oxygens (including phenoxy) is 3. The Morgan fingerprint density at radius 1 is 0.969 bits per heavy atom. The lowest BCUT2D eigenvalue weighted by Crippen LogP contribution is -2.40. The summed E-state index contributed by atoms with van der Waals surface area (Å²) in [7, 11) is 5.40. The fraction of sp³-hybridized carbons (Fsp3) is 0.346. The highest BCUT2D eigenvalue weighted by atomic mass is 16.5. The van der Waals surface area contributed by atoms with E-state index >= 15 is 0 Å². The van der Waals surface area contributed by atoms with Gasteiger partial charge < -0.3 is 24.0 Å². The minimum atomic E-state index is 0.0463. The fourth-order valence-electron chi connectivity index (χ4n) is 4.05. The molecule has 1 aliphatic rings. The Hall–Kier alpha value is -3.25. The molecule has 1 aliphatic heterocycles. The van der Waals surface area contributed by atoms with Crippen molar-refractivity contribution in [3.8, 4) is 17.2 Å². The third kappa shape index (κ3) is 4.81. The van der Waals surface area contributed by atoms with Gasteiger partial charge in [0.2, 0.25) is 0 Å². The van der Waals surface area contributed by atoms with Crippen LogP contribution in [0.1, 0.15) is 22.3 Å². The summed E-state index contributed by atoms with van der Waals surface area (Å²) in [5, 5.41) is 2.14. The highest BCUT2D eigenvalue weighted by Crippen LogP contribution is 2.30. The van der Waals surface area contributed by atoms with Crippen molar-refractivity contribution in [2.24, 2.45) is 0 Å². The van der Waals surface area contributed by atoms with Crippen molar-refractivity contribution in [1.82, 2.24) is 9.80 Å². The monoisotopic (exact) mass is 434 g/mol. The van der Waals surface area contributed by atoms with Gasteiger partial charge in [-0.3, -0.25) is 4.79 Å². The zero-order valence-corrected chi connectivity index (χ0v) is 19.0. The molecule has 0 spiro atoms. The van der Waals surface area contributed by atoms with Gasteiger partial charge in [-0.15, -0.1) is 0 Å². The summed E-state index contributed by atoms with van der Waals surface area (Å²) in [6.45, 7) is 2.81. The van der Waals surface area contributed by atoms with E-state index < -0.39 is 0 Å². The molecule has 1 heterocycles. The second-order valence-corrected chi connectivity index (χ2v) is 8.13. The van der Waals surface area contributed by atoms with Crippen LogP contribution in [0.25, 0.3) is 10.8 Å². The molecule has 6 nitrogen and oxygen atoms in total. The summed E-state index contributed by atoms with van der Waals surface area (Å²) >= 11 is 0. The van der Waals surface area contributed by atoms with Crippen LogP contribution >= 0.6 is 0 Å². The van der Waals surface area contributed by atoms with Crippen LogP contribution in [-0.2, 0) is 6.42 Å². The number of methoxy groups -OCH3 is 2. The van der Waals surface area contributed by atoms with E-state index in [9.17, 15) is 4.79 Å². The summed E-state index contributed by atoms with van der Waals surface area (Å²) in [5.74, 6) is 2.22. The Kier molecular flexibility index (Phi) is 6.81. The Labute approximate surface area is 189 Å². The molecule has 0 bridgehead atoms. The highest BCUT2D eigenvalue weighted by molar-refractivity contribution is 6.02. The van der Waals surface area contributed by atoms with Crippen molar-refractivity contribution in [2.75, 3.05) is 47.6 Å². The van der Waals surface area contributed by atoms with Crippen LogP contribution in [0.3, 0.4) is 0 Å². The number of carbonyl (C=O) groups is 1. The van der Waals surface area contributed by atoms with E-state index in [2.05, 4.69) is 18.0 Å². The van der Waals surface area contributed by atoms with Gasteiger partial charge in [-0.2, -0.15) is 0 Å². The lowest BCUT2D eigenvalue weighted by Gasteiger charge is -2.29. The van der Waals surface area contributed by atoms with Gasteiger partial charge in [-0.1, -0.05) is 30.3 Å². The summed E-state index contributed by atoms with van der Waals surface area (Å²) in [6.07, 6.45) is 1.81. The molecule has 0 radical (unpaired) electrons. The van der Waals surface area contributed by atoms with Crippen LogP contribution in [0.2, 0.25) is 0 Å². The average Bonchev–Trinajstić information content (AvgIpc) is 2.83. The number of carbonyl (C=O) groups excluding carboxylic acids is 1. The minimum Gasteiger partial charge on any atom is -0.493 e. The molecule has 32 heavy (non-hydrogen) atoms. The number of rotatable bonds is 9. The first-order valence-electron chi connectivity index (χ1n) is 10.9. The van der Waals surface area contributed by atoms with Gasteiger partial charge in [-0.25, -0.2) is 0 Å². The van der Waals surface area contributed by atoms with Gasteiger partial charge in [0.1, 0.15) is 5.75 Å². The van der Waals surface area contributed by atoms with Gasteiger partial charge in [0.05, 0.1) is 19.8 Å². The van der Waals surface area contributed by atoms with E-state index in [4.69, 9.17) is 14.2 Å². The van der Waals surface area contributed by atoms with Gasteiger partial charge >= 0.3 is 0 Å². The van der Waals surface area contributed by atoms with E-state index in [0.717, 1.165) is 48.2 Å². The van der Waals surface area contributed by atoms with E-state index in [1.54, 1.807) is 19.1 Å². The number of hydrogen-bond acceptors (Lipinski definition) is 5. The van der Waals surface area contributed by atoms with Crippen LogP contribution in [0, 0.1) is 0 Å². The minimum absolute atomic E-state index is 0.0463. The van der Waals surface area contributed by atoms with Crippen LogP contribution in [0.5, 0.6) is 17.2 Å². The smallest absolute Gasteiger partial charge is 0.260 e. The molecule has 4 rings (SSSR count). The molecule has 0 fully saturated rings. The van der Waals surface area contributed by atoms with Gasteiger partial charge in [0, 0.05) is 13.1 Å². The Morgan fingerprint density at radius 3 is 2.47 bits per heavy atom. The zero-order valence-electron chi connectivity index (χ0n) is 19.0. The third-order valence-corrected chi connectivity index (χ3v) is 5.94. The molecule has 0 unspecified atom stereocenters. The molecule has 0 saturated heterocycles. The zero-order chi connectivity index (χ0) is 22.5. The predicted molar refractivity (Wildman–Crippen MR) is 126 cm³/mol. The van der Waals surface area contributed by atoms with Crippen molar-refractivity contribution in [3.63, 3.8) is 0 Å². The first kappa shape index (κ1) is 22.0. The van der Waals surface area contributed by atoms with Gasteiger partial charge in [-0.05, 0) is 67.0 Å².